The second-order valence-corrected chi connectivity index (χ2v) is 3.87. The maximum atomic E-state index is 11.4. The van der Waals surface area contributed by atoms with E-state index in [1.54, 1.807) is 0 Å². The van der Waals surface area contributed by atoms with Gasteiger partial charge in [-0.05, 0) is 12.8 Å². The zero-order valence-electron chi connectivity index (χ0n) is 7.62. The zero-order valence-corrected chi connectivity index (χ0v) is 7.62. The highest BCUT2D eigenvalue weighted by Gasteiger charge is 2.48. The van der Waals surface area contributed by atoms with Crippen molar-refractivity contribution < 1.29 is 14.3 Å². The SMILES string of the molecule is NC1(C(=O)OC2CCOCC2)CC1. The van der Waals surface area contributed by atoms with E-state index in [-0.39, 0.29) is 12.1 Å². The van der Waals surface area contributed by atoms with Gasteiger partial charge >= 0.3 is 5.97 Å². The van der Waals surface area contributed by atoms with Gasteiger partial charge < -0.3 is 15.2 Å². The second-order valence-electron chi connectivity index (χ2n) is 3.87. The molecule has 0 bridgehead atoms. The number of hydrogen-bond donors (Lipinski definition) is 1. The van der Waals surface area contributed by atoms with Crippen LogP contribution in [0.2, 0.25) is 0 Å². The van der Waals surface area contributed by atoms with E-state index in [1.807, 2.05) is 0 Å². The van der Waals surface area contributed by atoms with Gasteiger partial charge in [0.2, 0.25) is 0 Å². The van der Waals surface area contributed by atoms with Crippen LogP contribution in [0.25, 0.3) is 0 Å². The van der Waals surface area contributed by atoms with Gasteiger partial charge in [-0.25, -0.2) is 0 Å². The van der Waals surface area contributed by atoms with E-state index in [1.165, 1.54) is 0 Å². The van der Waals surface area contributed by atoms with Crippen molar-refractivity contribution in [2.45, 2.75) is 37.3 Å². The first-order chi connectivity index (χ1) is 6.21. The molecule has 13 heavy (non-hydrogen) atoms. The van der Waals surface area contributed by atoms with E-state index in [2.05, 4.69) is 0 Å². The molecule has 1 aliphatic heterocycles. The van der Waals surface area contributed by atoms with E-state index in [4.69, 9.17) is 15.2 Å². The molecule has 2 fully saturated rings. The van der Waals surface area contributed by atoms with Gasteiger partial charge in [0.05, 0.1) is 13.2 Å². The lowest BCUT2D eigenvalue weighted by atomic mass is 10.1. The van der Waals surface area contributed by atoms with Crippen LogP contribution in [0.4, 0.5) is 0 Å². The van der Waals surface area contributed by atoms with E-state index < -0.39 is 5.54 Å². The van der Waals surface area contributed by atoms with Crippen LogP contribution in [0, 0.1) is 0 Å². The first-order valence-corrected chi connectivity index (χ1v) is 4.78. The fourth-order valence-corrected chi connectivity index (χ4v) is 1.40. The van der Waals surface area contributed by atoms with Crippen molar-refractivity contribution in [3.63, 3.8) is 0 Å². The smallest absolute Gasteiger partial charge is 0.326 e. The van der Waals surface area contributed by atoms with E-state index in [9.17, 15) is 4.79 Å². The summed E-state index contributed by atoms with van der Waals surface area (Å²) in [4.78, 5) is 11.4. The molecule has 0 aromatic heterocycles. The third kappa shape index (κ3) is 2.00. The Morgan fingerprint density at radius 3 is 2.54 bits per heavy atom. The third-order valence-corrected chi connectivity index (χ3v) is 2.64. The lowest BCUT2D eigenvalue weighted by molar-refractivity contribution is -0.155. The Hall–Kier alpha value is -0.610. The van der Waals surface area contributed by atoms with Gasteiger partial charge in [0.1, 0.15) is 11.6 Å². The highest BCUT2D eigenvalue weighted by atomic mass is 16.6. The molecule has 0 unspecified atom stereocenters. The number of ether oxygens (including phenoxy) is 2. The summed E-state index contributed by atoms with van der Waals surface area (Å²) in [5.41, 5.74) is 5.06. The van der Waals surface area contributed by atoms with Gasteiger partial charge in [0, 0.05) is 12.8 Å². The molecule has 0 spiro atoms. The number of carbonyl (C=O) groups is 1. The maximum absolute atomic E-state index is 11.4. The first-order valence-electron chi connectivity index (χ1n) is 4.78. The Morgan fingerprint density at radius 2 is 2.00 bits per heavy atom. The summed E-state index contributed by atoms with van der Waals surface area (Å²) in [6, 6.07) is 0. The van der Waals surface area contributed by atoms with Gasteiger partial charge in [-0.15, -0.1) is 0 Å². The molecule has 2 N–H and O–H groups in total. The fourth-order valence-electron chi connectivity index (χ4n) is 1.40. The van der Waals surface area contributed by atoms with Crippen LogP contribution in [0.3, 0.4) is 0 Å². The van der Waals surface area contributed by atoms with Crippen molar-refractivity contribution in [1.82, 2.24) is 0 Å². The second kappa shape index (κ2) is 3.27. The van der Waals surface area contributed by atoms with Crippen molar-refractivity contribution in [2.24, 2.45) is 5.73 Å². The van der Waals surface area contributed by atoms with Crippen molar-refractivity contribution in [2.75, 3.05) is 13.2 Å². The molecule has 1 saturated carbocycles. The number of rotatable bonds is 2. The molecule has 0 aromatic carbocycles. The minimum atomic E-state index is -0.641. The Bertz CT molecular complexity index is 207. The molecule has 4 heteroatoms. The Kier molecular flexibility index (Phi) is 2.26. The standard InChI is InChI=1S/C9H15NO3/c10-9(3-4-9)8(11)13-7-1-5-12-6-2-7/h7H,1-6,10H2. The van der Waals surface area contributed by atoms with Gasteiger partial charge in [-0.1, -0.05) is 0 Å². The lowest BCUT2D eigenvalue weighted by Crippen LogP contribution is -2.38. The van der Waals surface area contributed by atoms with Crippen molar-refractivity contribution in [3.8, 4) is 0 Å². The molecular formula is C9H15NO3. The molecular weight excluding hydrogens is 170 g/mol. The largest absolute Gasteiger partial charge is 0.461 e. The zero-order chi connectivity index (χ0) is 9.31. The average molecular weight is 185 g/mol. The highest BCUT2D eigenvalue weighted by molar-refractivity contribution is 5.83. The van der Waals surface area contributed by atoms with Gasteiger partial charge in [0.15, 0.2) is 0 Å². The summed E-state index contributed by atoms with van der Waals surface area (Å²) in [5, 5.41) is 0. The van der Waals surface area contributed by atoms with Crippen molar-refractivity contribution in [1.29, 1.82) is 0 Å². The van der Waals surface area contributed by atoms with Crippen LogP contribution in [0.1, 0.15) is 25.7 Å². The number of hydrogen-bond acceptors (Lipinski definition) is 4. The average Bonchev–Trinajstić information content (AvgIpc) is 2.87. The Morgan fingerprint density at radius 1 is 1.38 bits per heavy atom. The molecule has 0 aromatic rings. The predicted molar refractivity (Wildman–Crippen MR) is 46.1 cm³/mol. The number of nitrogens with two attached hydrogens (primary N) is 1. The quantitative estimate of drug-likeness (QED) is 0.624. The summed E-state index contributed by atoms with van der Waals surface area (Å²) in [7, 11) is 0. The third-order valence-electron chi connectivity index (χ3n) is 2.64. The predicted octanol–water partition coefficient (Wildman–Crippen LogP) is 0.200. The van der Waals surface area contributed by atoms with Crippen LogP contribution in [0.15, 0.2) is 0 Å². The molecule has 2 aliphatic rings. The van der Waals surface area contributed by atoms with Crippen LogP contribution >= 0.6 is 0 Å². The van der Waals surface area contributed by atoms with Crippen LogP contribution in [-0.4, -0.2) is 30.8 Å². The molecule has 0 amide bonds. The van der Waals surface area contributed by atoms with Gasteiger partial charge in [0.25, 0.3) is 0 Å². The molecule has 0 radical (unpaired) electrons. The van der Waals surface area contributed by atoms with E-state index >= 15 is 0 Å². The normalized spacial score (nSPS) is 26.8. The minimum Gasteiger partial charge on any atom is -0.461 e. The molecule has 74 valence electrons. The maximum Gasteiger partial charge on any atom is 0.326 e. The molecule has 1 heterocycles. The summed E-state index contributed by atoms with van der Waals surface area (Å²) in [6.45, 7) is 1.38. The summed E-state index contributed by atoms with van der Waals surface area (Å²) < 4.78 is 10.4. The molecule has 1 saturated heterocycles. The molecule has 2 rings (SSSR count). The topological polar surface area (TPSA) is 61.6 Å². The summed E-state index contributed by atoms with van der Waals surface area (Å²) in [6.07, 6.45) is 3.19. The first kappa shape index (κ1) is 8.97. The van der Waals surface area contributed by atoms with E-state index in [0.717, 1.165) is 25.7 Å². The van der Waals surface area contributed by atoms with Gasteiger partial charge in [-0.3, -0.25) is 4.79 Å². The van der Waals surface area contributed by atoms with Crippen LogP contribution < -0.4 is 5.73 Å². The van der Waals surface area contributed by atoms with Crippen LogP contribution in [0.5, 0.6) is 0 Å². The summed E-state index contributed by atoms with van der Waals surface area (Å²) >= 11 is 0. The van der Waals surface area contributed by atoms with E-state index in [0.29, 0.717) is 13.2 Å². The summed E-state index contributed by atoms with van der Waals surface area (Å²) in [5.74, 6) is -0.223. The molecule has 1 aliphatic carbocycles. The van der Waals surface area contributed by atoms with Crippen molar-refractivity contribution >= 4 is 5.97 Å². The van der Waals surface area contributed by atoms with Gasteiger partial charge in [-0.2, -0.15) is 0 Å². The molecule has 0 atom stereocenters. The van der Waals surface area contributed by atoms with Crippen LogP contribution in [-0.2, 0) is 14.3 Å². The lowest BCUT2D eigenvalue weighted by Gasteiger charge is -2.23. The fraction of sp³-hybridized carbons (Fsp3) is 0.889. The Balaban J connectivity index is 1.79. The Labute approximate surface area is 77.4 Å². The monoisotopic (exact) mass is 185 g/mol. The number of carbonyl (C=O) groups excluding carboxylic acids is 1. The highest BCUT2D eigenvalue weighted by Crippen LogP contribution is 2.34. The molecule has 4 nitrogen and oxygen atoms in total. The minimum absolute atomic E-state index is 0.0299. The van der Waals surface area contributed by atoms with Crippen molar-refractivity contribution in [3.05, 3.63) is 0 Å². The number of esters is 1.